The van der Waals surface area contributed by atoms with Crippen LogP contribution in [-0.2, 0) is 14.3 Å². The molecule has 0 aliphatic rings. The summed E-state index contributed by atoms with van der Waals surface area (Å²) in [5.41, 5.74) is 5.05. The van der Waals surface area contributed by atoms with Gasteiger partial charge in [0.25, 0.3) is 10.1 Å². The molecule has 0 rings (SSSR count). The van der Waals surface area contributed by atoms with E-state index >= 15 is 0 Å². The highest BCUT2D eigenvalue weighted by atomic mass is 32.2. The first-order valence-corrected chi connectivity index (χ1v) is 4.38. The maximum atomic E-state index is 10.6. The van der Waals surface area contributed by atoms with Crippen LogP contribution in [-0.4, -0.2) is 32.6 Å². The lowest BCUT2D eigenvalue weighted by Crippen LogP contribution is -2.14. The number of hydrogen-bond donors (Lipinski definition) is 2. The molecule has 0 heterocycles. The molecule has 0 aromatic heterocycles. The topological polar surface area (TPSA) is 89.6 Å². The van der Waals surface area contributed by atoms with E-state index in [0.717, 1.165) is 0 Å². The van der Waals surface area contributed by atoms with Gasteiger partial charge in [0.05, 0.1) is 5.75 Å². The SMILES string of the molecule is NCCCS(=O)(=O)OCO. The molecule has 0 aliphatic heterocycles. The van der Waals surface area contributed by atoms with Gasteiger partial charge in [0.1, 0.15) is 0 Å². The fourth-order valence-corrected chi connectivity index (χ4v) is 1.20. The van der Waals surface area contributed by atoms with E-state index in [0.29, 0.717) is 13.0 Å². The van der Waals surface area contributed by atoms with E-state index in [1.807, 2.05) is 0 Å². The number of nitrogens with two attached hydrogens (primary N) is 1. The summed E-state index contributed by atoms with van der Waals surface area (Å²) in [5, 5.41) is 8.07. The van der Waals surface area contributed by atoms with Crippen LogP contribution in [0.4, 0.5) is 0 Å². The molecular formula is C4H11NO4S. The molecule has 0 atom stereocenters. The molecule has 0 saturated heterocycles. The molecule has 0 aromatic rings. The van der Waals surface area contributed by atoms with E-state index in [2.05, 4.69) is 4.18 Å². The first-order chi connectivity index (χ1) is 4.62. The van der Waals surface area contributed by atoms with Gasteiger partial charge in [0.2, 0.25) is 0 Å². The van der Waals surface area contributed by atoms with Gasteiger partial charge in [-0.15, -0.1) is 0 Å². The molecule has 62 valence electrons. The molecule has 0 fully saturated rings. The molecule has 5 nitrogen and oxygen atoms in total. The Kier molecular flexibility index (Phi) is 4.54. The van der Waals surface area contributed by atoms with Gasteiger partial charge in [0, 0.05) is 0 Å². The van der Waals surface area contributed by atoms with Gasteiger partial charge in [-0.1, -0.05) is 0 Å². The van der Waals surface area contributed by atoms with Crippen LogP contribution in [0.1, 0.15) is 6.42 Å². The number of aliphatic hydroxyl groups is 1. The Labute approximate surface area is 59.9 Å². The highest BCUT2D eigenvalue weighted by Crippen LogP contribution is 1.93. The second-order valence-corrected chi connectivity index (χ2v) is 3.41. The molecule has 6 heteroatoms. The van der Waals surface area contributed by atoms with Gasteiger partial charge in [-0.2, -0.15) is 8.42 Å². The first-order valence-electron chi connectivity index (χ1n) is 2.80. The monoisotopic (exact) mass is 169 g/mol. The minimum atomic E-state index is -3.52. The van der Waals surface area contributed by atoms with Crippen LogP contribution in [0.3, 0.4) is 0 Å². The van der Waals surface area contributed by atoms with Crippen molar-refractivity contribution in [3.63, 3.8) is 0 Å². The van der Waals surface area contributed by atoms with Gasteiger partial charge < -0.3 is 10.8 Å². The van der Waals surface area contributed by atoms with Crippen LogP contribution < -0.4 is 5.73 Å². The normalized spacial score (nSPS) is 11.8. The Morgan fingerprint density at radius 1 is 1.50 bits per heavy atom. The molecule has 0 aliphatic carbocycles. The summed E-state index contributed by atoms with van der Waals surface area (Å²) in [6.45, 7) is -0.499. The lowest BCUT2D eigenvalue weighted by Gasteiger charge is -1.99. The smallest absolute Gasteiger partial charge is 0.269 e. The second-order valence-electron chi connectivity index (χ2n) is 1.65. The van der Waals surface area contributed by atoms with Crippen LogP contribution in [0.2, 0.25) is 0 Å². The quantitative estimate of drug-likeness (QED) is 0.391. The summed E-state index contributed by atoms with van der Waals surface area (Å²) in [4.78, 5) is 0. The number of aliphatic hydroxyl groups excluding tert-OH is 1. The van der Waals surface area contributed by atoms with E-state index in [4.69, 9.17) is 10.8 Å². The molecular weight excluding hydrogens is 158 g/mol. The average molecular weight is 169 g/mol. The summed E-state index contributed by atoms with van der Waals surface area (Å²) in [6, 6.07) is 0. The van der Waals surface area contributed by atoms with E-state index < -0.39 is 16.9 Å². The average Bonchev–Trinajstić information content (AvgIpc) is 1.84. The van der Waals surface area contributed by atoms with Gasteiger partial charge in [0.15, 0.2) is 6.79 Å². The predicted octanol–water partition coefficient (Wildman–Crippen LogP) is -1.37. The Morgan fingerprint density at radius 2 is 2.10 bits per heavy atom. The third-order valence-electron chi connectivity index (χ3n) is 0.831. The van der Waals surface area contributed by atoms with E-state index in [9.17, 15) is 8.42 Å². The highest BCUT2D eigenvalue weighted by molar-refractivity contribution is 7.86. The minimum Gasteiger partial charge on any atom is -0.369 e. The molecule has 0 amide bonds. The number of hydrogen-bond acceptors (Lipinski definition) is 5. The highest BCUT2D eigenvalue weighted by Gasteiger charge is 2.08. The van der Waals surface area contributed by atoms with Crippen molar-refractivity contribution >= 4 is 10.1 Å². The summed E-state index contributed by atoms with van der Waals surface area (Å²) in [7, 11) is -3.52. The fraction of sp³-hybridized carbons (Fsp3) is 1.00. The molecule has 0 aromatic carbocycles. The van der Waals surface area contributed by atoms with Crippen molar-refractivity contribution in [3.05, 3.63) is 0 Å². The van der Waals surface area contributed by atoms with Crippen LogP contribution >= 0.6 is 0 Å². The van der Waals surface area contributed by atoms with Crippen molar-refractivity contribution in [2.45, 2.75) is 6.42 Å². The lowest BCUT2D eigenvalue weighted by atomic mass is 10.5. The van der Waals surface area contributed by atoms with Gasteiger partial charge in [-0.3, -0.25) is 0 Å². The zero-order chi connectivity index (χ0) is 8.04. The summed E-state index contributed by atoms with van der Waals surface area (Å²) >= 11 is 0. The molecule has 0 saturated carbocycles. The molecule has 0 spiro atoms. The molecule has 0 unspecified atom stereocenters. The zero-order valence-corrected chi connectivity index (χ0v) is 6.30. The van der Waals surface area contributed by atoms with Crippen LogP contribution in [0.25, 0.3) is 0 Å². The first kappa shape index (κ1) is 9.83. The minimum absolute atomic E-state index is 0.135. The zero-order valence-electron chi connectivity index (χ0n) is 5.49. The van der Waals surface area contributed by atoms with E-state index in [1.165, 1.54) is 0 Å². The van der Waals surface area contributed by atoms with Gasteiger partial charge in [-0.05, 0) is 13.0 Å². The van der Waals surface area contributed by atoms with E-state index in [-0.39, 0.29) is 5.75 Å². The van der Waals surface area contributed by atoms with Crippen molar-refractivity contribution in [1.29, 1.82) is 0 Å². The Balaban J connectivity index is 3.65. The Morgan fingerprint density at radius 3 is 2.50 bits per heavy atom. The van der Waals surface area contributed by atoms with Crippen LogP contribution in [0, 0.1) is 0 Å². The van der Waals surface area contributed by atoms with Crippen molar-refractivity contribution in [3.8, 4) is 0 Å². The van der Waals surface area contributed by atoms with Gasteiger partial charge >= 0.3 is 0 Å². The van der Waals surface area contributed by atoms with Gasteiger partial charge in [-0.25, -0.2) is 4.18 Å². The maximum Gasteiger partial charge on any atom is 0.269 e. The van der Waals surface area contributed by atoms with Crippen molar-refractivity contribution in [2.24, 2.45) is 5.73 Å². The lowest BCUT2D eigenvalue weighted by molar-refractivity contribution is 0.105. The predicted molar refractivity (Wildman–Crippen MR) is 35.6 cm³/mol. The third-order valence-corrected chi connectivity index (χ3v) is 2.08. The van der Waals surface area contributed by atoms with Crippen LogP contribution in [0.15, 0.2) is 0 Å². The third kappa shape index (κ3) is 4.68. The van der Waals surface area contributed by atoms with Crippen LogP contribution in [0.5, 0.6) is 0 Å². The molecule has 3 N–H and O–H groups in total. The Bertz CT molecular complexity index is 164. The Hall–Kier alpha value is -0.170. The van der Waals surface area contributed by atoms with E-state index in [1.54, 1.807) is 0 Å². The van der Waals surface area contributed by atoms with Crippen molar-refractivity contribution in [2.75, 3.05) is 19.1 Å². The standard InChI is InChI=1S/C4H11NO4S/c5-2-1-3-10(7,8)9-4-6/h6H,1-5H2. The summed E-state index contributed by atoms with van der Waals surface area (Å²) in [5.74, 6) is -0.135. The fourth-order valence-electron chi connectivity index (χ4n) is 0.399. The van der Waals surface area contributed by atoms with Crippen molar-refractivity contribution < 1.29 is 17.7 Å². The second kappa shape index (κ2) is 4.62. The number of rotatable bonds is 5. The molecule has 0 radical (unpaired) electrons. The summed E-state index contributed by atoms with van der Waals surface area (Å²) in [6.07, 6.45) is 0.350. The summed E-state index contributed by atoms with van der Waals surface area (Å²) < 4.78 is 25.1. The maximum absolute atomic E-state index is 10.6. The molecule has 0 bridgehead atoms. The van der Waals surface area contributed by atoms with Crippen molar-refractivity contribution in [1.82, 2.24) is 0 Å². The largest absolute Gasteiger partial charge is 0.369 e. The molecule has 10 heavy (non-hydrogen) atoms.